The molecule has 58 valence electrons. The number of nitrogens with zero attached hydrogens (tertiary/aromatic N) is 1. The lowest BCUT2D eigenvalue weighted by molar-refractivity contribution is 0.552. The third-order valence-electron chi connectivity index (χ3n) is 1.99. The molecular formula is C10H7NO. The van der Waals surface area contributed by atoms with E-state index in [0.717, 1.165) is 16.7 Å². The van der Waals surface area contributed by atoms with Crippen molar-refractivity contribution < 1.29 is 4.42 Å². The van der Waals surface area contributed by atoms with Gasteiger partial charge in [-0.15, -0.1) is 0 Å². The van der Waals surface area contributed by atoms with Crippen LogP contribution in [0, 0.1) is 18.3 Å². The highest BCUT2D eigenvalue weighted by Crippen LogP contribution is 2.30. The van der Waals surface area contributed by atoms with Gasteiger partial charge in [0.1, 0.15) is 0 Å². The van der Waals surface area contributed by atoms with Crippen molar-refractivity contribution in [2.45, 2.75) is 6.92 Å². The summed E-state index contributed by atoms with van der Waals surface area (Å²) in [5.74, 6) is 0. The van der Waals surface area contributed by atoms with Gasteiger partial charge >= 0.3 is 0 Å². The summed E-state index contributed by atoms with van der Waals surface area (Å²) in [7, 11) is 0. The van der Waals surface area contributed by atoms with E-state index in [1.54, 1.807) is 12.5 Å². The molecule has 0 amide bonds. The van der Waals surface area contributed by atoms with Crippen LogP contribution in [0.15, 0.2) is 29.1 Å². The maximum absolute atomic E-state index is 8.76. The molecule has 2 heteroatoms. The first kappa shape index (κ1) is 6.93. The number of hydrogen-bond donors (Lipinski definition) is 0. The summed E-state index contributed by atoms with van der Waals surface area (Å²) in [4.78, 5) is 0. The van der Waals surface area contributed by atoms with Crippen LogP contribution in [-0.4, -0.2) is 0 Å². The minimum absolute atomic E-state index is 0.687. The minimum Gasteiger partial charge on any atom is -0.472 e. The van der Waals surface area contributed by atoms with E-state index >= 15 is 0 Å². The van der Waals surface area contributed by atoms with Gasteiger partial charge in [0.25, 0.3) is 0 Å². The largest absolute Gasteiger partial charge is 0.472 e. The lowest BCUT2D eigenvalue weighted by atomic mass is 10.1. The standard InChI is InChI=1S/C10H7NO/c1-7-4-8(5-11)10-6-12-3-2-9(7)10/h2-4,6H,1H3. The highest BCUT2D eigenvalue weighted by molar-refractivity contribution is 5.76. The fraction of sp³-hybridized carbons (Fsp3) is 0.100. The maximum atomic E-state index is 8.76. The summed E-state index contributed by atoms with van der Waals surface area (Å²) in [6.45, 7) is 1.99. The minimum atomic E-state index is 0.687. The molecule has 0 saturated carbocycles. The zero-order valence-electron chi connectivity index (χ0n) is 6.66. The Morgan fingerprint density at radius 1 is 1.42 bits per heavy atom. The van der Waals surface area contributed by atoms with Gasteiger partial charge in [-0.05, 0) is 30.2 Å². The number of nitriles is 1. The van der Waals surface area contributed by atoms with Gasteiger partial charge in [0.2, 0.25) is 0 Å². The second-order valence-electron chi connectivity index (χ2n) is 2.74. The van der Waals surface area contributed by atoms with Gasteiger partial charge in [-0.25, -0.2) is 0 Å². The van der Waals surface area contributed by atoms with Crippen molar-refractivity contribution >= 4 is 0 Å². The van der Waals surface area contributed by atoms with Gasteiger partial charge in [-0.2, -0.15) is 5.26 Å². The Morgan fingerprint density at radius 3 is 3.00 bits per heavy atom. The zero-order valence-corrected chi connectivity index (χ0v) is 6.66. The molecule has 0 unspecified atom stereocenters. The summed E-state index contributed by atoms with van der Waals surface area (Å²) < 4.78 is 5.00. The topological polar surface area (TPSA) is 36.9 Å². The van der Waals surface area contributed by atoms with Crippen LogP contribution in [0.1, 0.15) is 11.1 Å². The average molecular weight is 157 g/mol. The molecule has 2 rings (SSSR count). The first-order valence-corrected chi connectivity index (χ1v) is 3.68. The van der Waals surface area contributed by atoms with Gasteiger partial charge in [-0.1, -0.05) is 0 Å². The molecule has 0 aromatic rings. The normalized spacial score (nSPS) is 10.0. The van der Waals surface area contributed by atoms with Gasteiger partial charge in [0, 0.05) is 5.56 Å². The van der Waals surface area contributed by atoms with Crippen molar-refractivity contribution in [3.05, 3.63) is 35.8 Å². The van der Waals surface area contributed by atoms with Gasteiger partial charge in [0.05, 0.1) is 24.2 Å². The van der Waals surface area contributed by atoms with E-state index in [-0.39, 0.29) is 0 Å². The SMILES string of the molecule is Cc1cc(C#N)c2coccc1-2. The van der Waals surface area contributed by atoms with E-state index in [0.29, 0.717) is 5.56 Å². The third-order valence-corrected chi connectivity index (χ3v) is 1.99. The Morgan fingerprint density at radius 2 is 2.25 bits per heavy atom. The third kappa shape index (κ3) is 0.802. The molecule has 0 atom stereocenters. The van der Waals surface area contributed by atoms with E-state index in [1.165, 1.54) is 0 Å². The predicted molar refractivity (Wildman–Crippen MR) is 44.8 cm³/mol. The van der Waals surface area contributed by atoms with Crippen molar-refractivity contribution in [3.63, 3.8) is 0 Å². The van der Waals surface area contributed by atoms with Crippen molar-refractivity contribution in [3.8, 4) is 17.2 Å². The molecule has 12 heavy (non-hydrogen) atoms. The van der Waals surface area contributed by atoms with Crippen molar-refractivity contribution in [2.75, 3.05) is 0 Å². The molecule has 0 fully saturated rings. The first-order valence-electron chi connectivity index (χ1n) is 3.68. The molecule has 1 heterocycles. The predicted octanol–water partition coefficient (Wildman–Crippen LogP) is 2.56. The molecule has 0 saturated heterocycles. The Hall–Kier alpha value is -1.75. The van der Waals surface area contributed by atoms with Crippen LogP contribution in [0.4, 0.5) is 0 Å². The highest BCUT2D eigenvalue weighted by atomic mass is 16.3. The smallest absolute Gasteiger partial charge is 0.0999 e. The van der Waals surface area contributed by atoms with Crippen LogP contribution in [0.25, 0.3) is 11.1 Å². The van der Waals surface area contributed by atoms with Crippen molar-refractivity contribution in [2.24, 2.45) is 0 Å². The molecule has 0 aromatic carbocycles. The maximum Gasteiger partial charge on any atom is 0.0999 e. The first-order chi connectivity index (χ1) is 5.83. The molecule has 0 aromatic heterocycles. The van der Waals surface area contributed by atoms with E-state index in [9.17, 15) is 0 Å². The summed E-state index contributed by atoms with van der Waals surface area (Å²) in [6.07, 6.45) is 3.23. The summed E-state index contributed by atoms with van der Waals surface area (Å²) in [5.41, 5.74) is 3.81. The zero-order chi connectivity index (χ0) is 8.55. The van der Waals surface area contributed by atoms with Gasteiger partial charge in [0.15, 0.2) is 0 Å². The number of hydrogen-bond acceptors (Lipinski definition) is 2. The Bertz CT molecular complexity index is 422. The number of rotatable bonds is 0. The van der Waals surface area contributed by atoms with Crippen LogP contribution >= 0.6 is 0 Å². The Labute approximate surface area is 70.4 Å². The molecule has 0 radical (unpaired) electrons. The summed E-state index contributed by atoms with van der Waals surface area (Å²) in [6, 6.07) is 5.89. The van der Waals surface area contributed by atoms with E-state index in [2.05, 4.69) is 6.07 Å². The molecule has 2 nitrogen and oxygen atoms in total. The van der Waals surface area contributed by atoms with Crippen LogP contribution in [-0.2, 0) is 0 Å². The van der Waals surface area contributed by atoms with E-state index < -0.39 is 0 Å². The second kappa shape index (κ2) is 2.38. The van der Waals surface area contributed by atoms with Crippen LogP contribution in [0.2, 0.25) is 0 Å². The quantitative estimate of drug-likeness (QED) is 0.589. The molecule has 0 bridgehead atoms. The van der Waals surface area contributed by atoms with Crippen LogP contribution in [0.5, 0.6) is 0 Å². The molecule has 1 aliphatic heterocycles. The highest BCUT2D eigenvalue weighted by Gasteiger charge is 2.12. The molecule has 0 N–H and O–H groups in total. The Kier molecular flexibility index (Phi) is 1.38. The molecule has 2 aliphatic rings. The van der Waals surface area contributed by atoms with Gasteiger partial charge in [-0.3, -0.25) is 0 Å². The van der Waals surface area contributed by atoms with Crippen LogP contribution < -0.4 is 0 Å². The lowest BCUT2D eigenvalue weighted by Gasteiger charge is -1.96. The lowest BCUT2D eigenvalue weighted by Crippen LogP contribution is -1.75. The molecular weight excluding hydrogens is 150 g/mol. The monoisotopic (exact) mass is 157 g/mol. The van der Waals surface area contributed by atoms with Crippen molar-refractivity contribution in [1.82, 2.24) is 0 Å². The summed E-state index contributed by atoms with van der Waals surface area (Å²) >= 11 is 0. The fourth-order valence-corrected chi connectivity index (χ4v) is 1.38. The van der Waals surface area contributed by atoms with E-state index in [1.807, 2.05) is 19.1 Å². The average Bonchev–Trinajstić information content (AvgIpc) is 2.44. The van der Waals surface area contributed by atoms with E-state index in [4.69, 9.17) is 9.68 Å². The Balaban J connectivity index is 2.81. The summed E-state index contributed by atoms with van der Waals surface area (Å²) in [5, 5.41) is 8.76. The number of aryl methyl sites for hydroxylation is 1. The van der Waals surface area contributed by atoms with Crippen molar-refractivity contribution in [1.29, 1.82) is 5.26 Å². The number of fused-ring (bicyclic) bond motifs is 1. The van der Waals surface area contributed by atoms with Crippen LogP contribution in [0.3, 0.4) is 0 Å². The fourth-order valence-electron chi connectivity index (χ4n) is 1.38. The van der Waals surface area contributed by atoms with Gasteiger partial charge < -0.3 is 4.42 Å². The molecule has 1 aliphatic carbocycles. The second-order valence-corrected chi connectivity index (χ2v) is 2.74. The molecule has 0 spiro atoms.